The third-order valence-electron chi connectivity index (χ3n) is 4.33. The summed E-state index contributed by atoms with van der Waals surface area (Å²) >= 11 is 0. The van der Waals surface area contributed by atoms with Crippen LogP contribution in [0.15, 0.2) is 17.0 Å². The van der Waals surface area contributed by atoms with Gasteiger partial charge in [-0.05, 0) is 44.4 Å². The van der Waals surface area contributed by atoms with Gasteiger partial charge in [-0.15, -0.1) is 0 Å². The fraction of sp³-hybridized carbons (Fsp3) is 0.600. The molecule has 0 spiro atoms. The zero-order valence-corrected chi connectivity index (χ0v) is 13.7. The average Bonchev–Trinajstić information content (AvgIpc) is 2.50. The topological polar surface area (TPSA) is 81.4 Å². The summed E-state index contributed by atoms with van der Waals surface area (Å²) in [6.45, 7) is 1.89. The molecule has 2 unspecified atom stereocenters. The molecule has 1 fully saturated rings. The van der Waals surface area contributed by atoms with E-state index in [2.05, 4.69) is 4.72 Å². The van der Waals surface area contributed by atoms with Crippen LogP contribution < -0.4 is 15.2 Å². The van der Waals surface area contributed by atoms with E-state index in [-0.39, 0.29) is 28.2 Å². The van der Waals surface area contributed by atoms with Crippen molar-refractivity contribution in [3.8, 4) is 5.75 Å². The number of ether oxygens (including phenoxy) is 1. The molecule has 3 N–H and O–H groups in total. The van der Waals surface area contributed by atoms with Crippen LogP contribution in [0.25, 0.3) is 0 Å². The van der Waals surface area contributed by atoms with Crippen molar-refractivity contribution >= 4 is 10.0 Å². The van der Waals surface area contributed by atoms with Crippen LogP contribution in [0, 0.1) is 18.7 Å². The Morgan fingerprint density at radius 1 is 1.36 bits per heavy atom. The molecular weight excluding hydrogens is 307 g/mol. The average molecular weight is 330 g/mol. The summed E-state index contributed by atoms with van der Waals surface area (Å²) in [5, 5.41) is 0. The zero-order chi connectivity index (χ0) is 16.3. The first-order valence-corrected chi connectivity index (χ1v) is 8.94. The van der Waals surface area contributed by atoms with Gasteiger partial charge < -0.3 is 10.5 Å². The third-order valence-corrected chi connectivity index (χ3v) is 5.96. The minimum Gasteiger partial charge on any atom is -0.494 e. The number of nitrogens with one attached hydrogen (secondary N) is 1. The fourth-order valence-corrected chi connectivity index (χ4v) is 4.57. The predicted octanol–water partition coefficient (Wildman–Crippen LogP) is 1.94. The smallest absolute Gasteiger partial charge is 0.241 e. The lowest BCUT2D eigenvalue weighted by molar-refractivity contribution is 0.296. The molecule has 22 heavy (non-hydrogen) atoms. The van der Waals surface area contributed by atoms with Crippen LogP contribution in [-0.2, 0) is 10.0 Å². The van der Waals surface area contributed by atoms with E-state index in [0.717, 1.165) is 25.7 Å². The molecule has 0 aromatic heterocycles. The van der Waals surface area contributed by atoms with Crippen molar-refractivity contribution < 1.29 is 17.5 Å². The molecule has 2 atom stereocenters. The molecule has 0 aliphatic heterocycles. The minimum absolute atomic E-state index is 0.0361. The zero-order valence-electron chi connectivity index (χ0n) is 12.9. The normalized spacial score (nSPS) is 22.5. The van der Waals surface area contributed by atoms with Gasteiger partial charge in [0.1, 0.15) is 0 Å². The second-order valence-electron chi connectivity index (χ2n) is 5.71. The molecule has 0 bridgehead atoms. The van der Waals surface area contributed by atoms with Gasteiger partial charge in [0.05, 0.1) is 12.0 Å². The van der Waals surface area contributed by atoms with Gasteiger partial charge in [-0.25, -0.2) is 17.5 Å². The van der Waals surface area contributed by atoms with Crippen molar-refractivity contribution in [2.45, 2.75) is 43.5 Å². The van der Waals surface area contributed by atoms with E-state index in [1.54, 1.807) is 0 Å². The maximum absolute atomic E-state index is 14.1. The molecule has 7 heteroatoms. The number of nitrogens with two attached hydrogens (primary N) is 1. The highest BCUT2D eigenvalue weighted by molar-refractivity contribution is 7.89. The van der Waals surface area contributed by atoms with Crippen molar-refractivity contribution in [2.24, 2.45) is 11.7 Å². The maximum Gasteiger partial charge on any atom is 0.241 e. The molecule has 1 saturated carbocycles. The second kappa shape index (κ2) is 6.93. The Balaban J connectivity index is 2.29. The molecule has 1 aliphatic carbocycles. The molecule has 1 aromatic carbocycles. The van der Waals surface area contributed by atoms with E-state index in [1.807, 2.05) is 0 Å². The summed E-state index contributed by atoms with van der Waals surface area (Å²) in [6, 6.07) is 2.52. The van der Waals surface area contributed by atoms with Crippen molar-refractivity contribution in [3.63, 3.8) is 0 Å². The molecule has 0 amide bonds. The van der Waals surface area contributed by atoms with Crippen LogP contribution in [0.2, 0.25) is 0 Å². The highest BCUT2D eigenvalue weighted by atomic mass is 32.2. The SMILES string of the molecule is COc1ccc(S(=O)(=O)NC2CCCCC2CN)c(C)c1F. The van der Waals surface area contributed by atoms with Crippen LogP contribution in [0.1, 0.15) is 31.2 Å². The Labute approximate surface area is 131 Å². The van der Waals surface area contributed by atoms with Gasteiger partial charge in [-0.3, -0.25) is 0 Å². The molecule has 1 aromatic rings. The van der Waals surface area contributed by atoms with Gasteiger partial charge in [0.15, 0.2) is 11.6 Å². The molecule has 124 valence electrons. The minimum atomic E-state index is -3.78. The number of methoxy groups -OCH3 is 1. The summed E-state index contributed by atoms with van der Waals surface area (Å²) in [5.41, 5.74) is 5.79. The Kier molecular flexibility index (Phi) is 5.41. The maximum atomic E-state index is 14.1. The largest absolute Gasteiger partial charge is 0.494 e. The number of hydrogen-bond donors (Lipinski definition) is 2. The predicted molar refractivity (Wildman–Crippen MR) is 82.8 cm³/mol. The quantitative estimate of drug-likeness (QED) is 0.864. The summed E-state index contributed by atoms with van der Waals surface area (Å²) < 4.78 is 46.8. The molecule has 0 radical (unpaired) electrons. The molecular formula is C15H23FN2O3S. The third kappa shape index (κ3) is 3.42. The van der Waals surface area contributed by atoms with Gasteiger partial charge in [0, 0.05) is 11.6 Å². The lowest BCUT2D eigenvalue weighted by atomic mass is 9.85. The van der Waals surface area contributed by atoms with Gasteiger partial charge in [0.25, 0.3) is 0 Å². The van der Waals surface area contributed by atoms with Gasteiger partial charge in [-0.1, -0.05) is 12.8 Å². The first-order chi connectivity index (χ1) is 10.4. The van der Waals surface area contributed by atoms with E-state index in [4.69, 9.17) is 10.5 Å². The van der Waals surface area contributed by atoms with Gasteiger partial charge in [0.2, 0.25) is 10.0 Å². The lowest BCUT2D eigenvalue weighted by Crippen LogP contribution is -2.44. The van der Waals surface area contributed by atoms with Crippen molar-refractivity contribution in [3.05, 3.63) is 23.5 Å². The highest BCUT2D eigenvalue weighted by Crippen LogP contribution is 2.28. The highest BCUT2D eigenvalue weighted by Gasteiger charge is 2.30. The van der Waals surface area contributed by atoms with E-state index >= 15 is 0 Å². The lowest BCUT2D eigenvalue weighted by Gasteiger charge is -2.31. The number of rotatable bonds is 5. The number of sulfonamides is 1. The summed E-state index contributed by atoms with van der Waals surface area (Å²) in [6.07, 6.45) is 3.72. The Hall–Kier alpha value is -1.18. The monoisotopic (exact) mass is 330 g/mol. The van der Waals surface area contributed by atoms with Crippen LogP contribution >= 0.6 is 0 Å². The summed E-state index contributed by atoms with van der Waals surface area (Å²) in [4.78, 5) is -0.0489. The van der Waals surface area contributed by atoms with Gasteiger partial charge >= 0.3 is 0 Å². The summed E-state index contributed by atoms with van der Waals surface area (Å²) in [7, 11) is -2.44. The number of halogens is 1. The Morgan fingerprint density at radius 2 is 2.05 bits per heavy atom. The number of benzene rings is 1. The molecule has 1 aliphatic rings. The molecule has 5 nitrogen and oxygen atoms in total. The van der Waals surface area contributed by atoms with Crippen molar-refractivity contribution in [2.75, 3.05) is 13.7 Å². The van der Waals surface area contributed by atoms with E-state index < -0.39 is 15.8 Å². The standard InChI is InChI=1S/C15H23FN2O3S/c1-10-14(8-7-13(21-2)15(10)16)22(19,20)18-12-6-4-3-5-11(12)9-17/h7-8,11-12,18H,3-6,9,17H2,1-2H3. The van der Waals surface area contributed by atoms with Crippen LogP contribution in [-0.4, -0.2) is 28.1 Å². The molecule has 0 saturated heterocycles. The Bertz CT molecular complexity index is 634. The Morgan fingerprint density at radius 3 is 2.68 bits per heavy atom. The van der Waals surface area contributed by atoms with Crippen LogP contribution in [0.3, 0.4) is 0 Å². The summed E-state index contributed by atoms with van der Waals surface area (Å²) in [5.74, 6) is -0.481. The van der Waals surface area contributed by atoms with E-state index in [1.165, 1.54) is 26.2 Å². The molecule has 2 rings (SSSR count). The van der Waals surface area contributed by atoms with Gasteiger partial charge in [-0.2, -0.15) is 0 Å². The molecule has 0 heterocycles. The van der Waals surface area contributed by atoms with E-state index in [9.17, 15) is 12.8 Å². The number of hydrogen-bond acceptors (Lipinski definition) is 4. The van der Waals surface area contributed by atoms with Crippen LogP contribution in [0.5, 0.6) is 5.75 Å². The van der Waals surface area contributed by atoms with Crippen molar-refractivity contribution in [1.29, 1.82) is 0 Å². The first-order valence-electron chi connectivity index (χ1n) is 7.46. The first kappa shape index (κ1) is 17.2. The van der Waals surface area contributed by atoms with Crippen molar-refractivity contribution in [1.82, 2.24) is 4.72 Å². The van der Waals surface area contributed by atoms with E-state index in [0.29, 0.717) is 6.54 Å². The fourth-order valence-electron chi connectivity index (χ4n) is 3.00. The van der Waals surface area contributed by atoms with Crippen LogP contribution in [0.4, 0.5) is 4.39 Å². The second-order valence-corrected chi connectivity index (χ2v) is 7.40.